The molecule has 1 aromatic carbocycles. The second kappa shape index (κ2) is 6.39. The minimum Gasteiger partial charge on any atom is -0.469 e. The van der Waals surface area contributed by atoms with E-state index in [1.54, 1.807) is 30.1 Å². The zero-order valence-corrected chi connectivity index (χ0v) is 12.1. The van der Waals surface area contributed by atoms with E-state index in [1.807, 2.05) is 0 Å². The van der Waals surface area contributed by atoms with E-state index in [-0.39, 0.29) is 24.2 Å². The molecule has 0 aliphatic carbocycles. The number of carbonyl (C=O) groups excluding carboxylic acids is 3. The predicted octanol–water partition coefficient (Wildman–Crippen LogP) is 1.21. The lowest BCUT2D eigenvalue weighted by atomic mass is 10.1. The SMILES string of the molecule is COC(=O)CCCN(C)C(=O)c1ccc2c(c1)NC(=O)C2. The summed E-state index contributed by atoms with van der Waals surface area (Å²) in [5.74, 6) is -0.471. The Morgan fingerprint density at radius 2 is 2.14 bits per heavy atom. The summed E-state index contributed by atoms with van der Waals surface area (Å²) in [4.78, 5) is 36.1. The molecule has 0 saturated heterocycles. The number of nitrogens with zero attached hydrogens (tertiary/aromatic N) is 1. The van der Waals surface area contributed by atoms with Crippen LogP contribution in [0.15, 0.2) is 18.2 Å². The van der Waals surface area contributed by atoms with Crippen molar-refractivity contribution >= 4 is 23.5 Å². The van der Waals surface area contributed by atoms with E-state index in [9.17, 15) is 14.4 Å². The maximum absolute atomic E-state index is 12.3. The molecule has 0 bridgehead atoms. The van der Waals surface area contributed by atoms with Crippen LogP contribution in [-0.2, 0) is 20.7 Å². The smallest absolute Gasteiger partial charge is 0.305 e. The molecule has 0 atom stereocenters. The first kappa shape index (κ1) is 15.0. The van der Waals surface area contributed by atoms with Crippen molar-refractivity contribution in [2.75, 3.05) is 26.0 Å². The highest BCUT2D eigenvalue weighted by molar-refractivity contribution is 6.02. The second-order valence-corrected chi connectivity index (χ2v) is 5.00. The van der Waals surface area contributed by atoms with Crippen LogP contribution < -0.4 is 5.32 Å². The Kier molecular flexibility index (Phi) is 4.57. The average molecular weight is 290 g/mol. The third-order valence-electron chi connectivity index (χ3n) is 3.43. The first-order chi connectivity index (χ1) is 10.0. The van der Waals surface area contributed by atoms with Crippen molar-refractivity contribution < 1.29 is 19.1 Å². The van der Waals surface area contributed by atoms with Crippen LogP contribution in [-0.4, -0.2) is 43.4 Å². The van der Waals surface area contributed by atoms with Crippen LogP contribution >= 0.6 is 0 Å². The van der Waals surface area contributed by atoms with Gasteiger partial charge in [-0.3, -0.25) is 14.4 Å². The van der Waals surface area contributed by atoms with Crippen LogP contribution in [0.25, 0.3) is 0 Å². The minimum absolute atomic E-state index is 0.0546. The van der Waals surface area contributed by atoms with Crippen LogP contribution in [0.4, 0.5) is 5.69 Å². The van der Waals surface area contributed by atoms with Crippen molar-refractivity contribution in [2.45, 2.75) is 19.3 Å². The summed E-state index contributed by atoms with van der Waals surface area (Å²) in [6.45, 7) is 0.470. The molecule has 0 fully saturated rings. The van der Waals surface area contributed by atoms with E-state index in [2.05, 4.69) is 10.1 Å². The molecule has 2 rings (SSSR count). The third-order valence-corrected chi connectivity index (χ3v) is 3.43. The van der Waals surface area contributed by atoms with Gasteiger partial charge in [0.2, 0.25) is 5.91 Å². The molecule has 0 radical (unpaired) electrons. The molecule has 0 spiro atoms. The van der Waals surface area contributed by atoms with Gasteiger partial charge in [0.05, 0.1) is 13.5 Å². The highest BCUT2D eigenvalue weighted by Crippen LogP contribution is 2.24. The van der Waals surface area contributed by atoms with Crippen molar-refractivity contribution in [1.29, 1.82) is 0 Å². The summed E-state index contributed by atoms with van der Waals surface area (Å²) in [5.41, 5.74) is 2.13. The van der Waals surface area contributed by atoms with Crippen LogP contribution in [0.5, 0.6) is 0 Å². The summed E-state index contributed by atoms with van der Waals surface area (Å²) in [6.07, 6.45) is 1.20. The van der Waals surface area contributed by atoms with Gasteiger partial charge >= 0.3 is 5.97 Å². The monoisotopic (exact) mass is 290 g/mol. The van der Waals surface area contributed by atoms with Gasteiger partial charge in [0.15, 0.2) is 0 Å². The van der Waals surface area contributed by atoms with Crippen LogP contribution in [0, 0.1) is 0 Å². The fraction of sp³-hybridized carbons (Fsp3) is 0.400. The summed E-state index contributed by atoms with van der Waals surface area (Å²) in [7, 11) is 3.03. The molecule has 1 N–H and O–H groups in total. The molecule has 1 aliphatic rings. The minimum atomic E-state index is -0.281. The Hall–Kier alpha value is -2.37. The van der Waals surface area contributed by atoms with Crippen molar-refractivity contribution in [3.63, 3.8) is 0 Å². The third kappa shape index (κ3) is 3.59. The number of hydrogen-bond donors (Lipinski definition) is 1. The molecule has 112 valence electrons. The average Bonchev–Trinajstić information content (AvgIpc) is 2.84. The zero-order valence-electron chi connectivity index (χ0n) is 12.1. The van der Waals surface area contributed by atoms with E-state index in [1.165, 1.54) is 7.11 Å². The Morgan fingerprint density at radius 1 is 1.38 bits per heavy atom. The molecule has 2 amide bonds. The molecule has 0 unspecified atom stereocenters. The summed E-state index contributed by atoms with van der Waals surface area (Å²) >= 11 is 0. The zero-order chi connectivity index (χ0) is 15.4. The van der Waals surface area contributed by atoms with Gasteiger partial charge in [0.1, 0.15) is 0 Å². The molecule has 1 heterocycles. The standard InChI is InChI=1S/C15H18N2O4/c1-17(7-3-4-14(19)21-2)15(20)11-6-5-10-9-13(18)16-12(10)8-11/h5-6,8H,3-4,7,9H2,1-2H3,(H,16,18). The van der Waals surface area contributed by atoms with Gasteiger partial charge in [-0.05, 0) is 24.1 Å². The van der Waals surface area contributed by atoms with Gasteiger partial charge in [0, 0.05) is 31.3 Å². The van der Waals surface area contributed by atoms with Crippen molar-refractivity contribution in [1.82, 2.24) is 4.90 Å². The van der Waals surface area contributed by atoms with E-state index in [0.29, 0.717) is 30.6 Å². The van der Waals surface area contributed by atoms with Gasteiger partial charge in [-0.25, -0.2) is 0 Å². The molecule has 1 aliphatic heterocycles. The Balaban J connectivity index is 1.95. The van der Waals surface area contributed by atoms with Crippen LogP contribution in [0.1, 0.15) is 28.8 Å². The lowest BCUT2D eigenvalue weighted by molar-refractivity contribution is -0.140. The molecular formula is C15H18N2O4. The topological polar surface area (TPSA) is 75.7 Å². The van der Waals surface area contributed by atoms with E-state index >= 15 is 0 Å². The number of benzene rings is 1. The molecule has 0 aromatic heterocycles. The van der Waals surface area contributed by atoms with Gasteiger partial charge < -0.3 is 15.0 Å². The number of amides is 2. The van der Waals surface area contributed by atoms with Gasteiger partial charge in [0.25, 0.3) is 5.91 Å². The molecular weight excluding hydrogens is 272 g/mol. The number of ether oxygens (including phenoxy) is 1. The highest BCUT2D eigenvalue weighted by atomic mass is 16.5. The Morgan fingerprint density at radius 3 is 2.86 bits per heavy atom. The van der Waals surface area contributed by atoms with E-state index in [0.717, 1.165) is 5.56 Å². The fourth-order valence-electron chi connectivity index (χ4n) is 2.23. The number of carbonyl (C=O) groups is 3. The summed E-state index contributed by atoms with van der Waals surface area (Å²) in [6, 6.07) is 5.21. The Labute approximate surface area is 123 Å². The number of methoxy groups -OCH3 is 1. The molecule has 0 saturated carbocycles. The molecule has 6 heteroatoms. The fourth-order valence-corrected chi connectivity index (χ4v) is 2.23. The van der Waals surface area contributed by atoms with Crippen LogP contribution in [0.3, 0.4) is 0 Å². The van der Waals surface area contributed by atoms with Crippen LogP contribution in [0.2, 0.25) is 0 Å². The number of anilines is 1. The van der Waals surface area contributed by atoms with E-state index < -0.39 is 0 Å². The first-order valence-corrected chi connectivity index (χ1v) is 6.76. The number of esters is 1. The van der Waals surface area contributed by atoms with Gasteiger partial charge in [-0.2, -0.15) is 0 Å². The largest absolute Gasteiger partial charge is 0.469 e. The quantitative estimate of drug-likeness (QED) is 0.827. The second-order valence-electron chi connectivity index (χ2n) is 5.00. The maximum atomic E-state index is 12.3. The van der Waals surface area contributed by atoms with E-state index in [4.69, 9.17) is 0 Å². The Bertz CT molecular complexity index is 583. The lowest BCUT2D eigenvalue weighted by Gasteiger charge is -2.17. The molecule has 6 nitrogen and oxygen atoms in total. The number of fused-ring (bicyclic) bond motifs is 1. The molecule has 21 heavy (non-hydrogen) atoms. The van der Waals surface area contributed by atoms with Gasteiger partial charge in [-0.1, -0.05) is 6.07 Å². The van der Waals surface area contributed by atoms with Crippen molar-refractivity contribution in [3.8, 4) is 0 Å². The molecule has 1 aromatic rings. The lowest BCUT2D eigenvalue weighted by Crippen LogP contribution is -2.28. The first-order valence-electron chi connectivity index (χ1n) is 6.76. The number of rotatable bonds is 5. The van der Waals surface area contributed by atoms with Crippen molar-refractivity contribution in [2.24, 2.45) is 0 Å². The highest BCUT2D eigenvalue weighted by Gasteiger charge is 2.20. The van der Waals surface area contributed by atoms with Crippen molar-refractivity contribution in [3.05, 3.63) is 29.3 Å². The normalized spacial score (nSPS) is 12.6. The summed E-state index contributed by atoms with van der Waals surface area (Å²) in [5, 5.41) is 2.73. The number of nitrogens with one attached hydrogen (secondary N) is 1. The number of hydrogen-bond acceptors (Lipinski definition) is 4. The maximum Gasteiger partial charge on any atom is 0.305 e. The summed E-state index contributed by atoms with van der Waals surface area (Å²) < 4.78 is 4.56. The predicted molar refractivity (Wildman–Crippen MR) is 77.0 cm³/mol. The van der Waals surface area contributed by atoms with Gasteiger partial charge in [-0.15, -0.1) is 0 Å².